The van der Waals surface area contributed by atoms with Crippen LogP contribution in [0.4, 0.5) is 8.78 Å². The van der Waals surface area contributed by atoms with Crippen molar-refractivity contribution in [3.8, 4) is 11.4 Å². The van der Waals surface area contributed by atoms with Crippen molar-refractivity contribution >= 4 is 17.5 Å². The van der Waals surface area contributed by atoms with Crippen molar-refractivity contribution in [3.63, 3.8) is 0 Å². The highest BCUT2D eigenvalue weighted by Crippen LogP contribution is 2.25. The molecule has 7 nitrogen and oxygen atoms in total. The Balaban J connectivity index is 1.73. The van der Waals surface area contributed by atoms with Gasteiger partial charge in [-0.2, -0.15) is 5.21 Å². The molecule has 2 atom stereocenters. The van der Waals surface area contributed by atoms with Gasteiger partial charge >= 0.3 is 0 Å². The number of alkyl halides is 1. The molecule has 0 unspecified atom stereocenters. The van der Waals surface area contributed by atoms with Gasteiger partial charge in [-0.15, -0.1) is 10.2 Å². The molecule has 10 heteroatoms. The SMILES string of the molecule is O=C(NCc1cc(-c2nn[nH]n2)cc(Cl)c1F)[C@@H]1C[C@@H](F)CN1. The topological polar surface area (TPSA) is 95.6 Å². The Kier molecular flexibility index (Phi) is 4.49. The third-order valence-electron chi connectivity index (χ3n) is 3.55. The van der Waals surface area contributed by atoms with Gasteiger partial charge in [0.25, 0.3) is 0 Å². The van der Waals surface area contributed by atoms with Crippen LogP contribution in [0.15, 0.2) is 12.1 Å². The largest absolute Gasteiger partial charge is 0.351 e. The maximum absolute atomic E-state index is 14.1. The first-order valence-corrected chi connectivity index (χ1v) is 7.29. The van der Waals surface area contributed by atoms with Crippen molar-refractivity contribution < 1.29 is 13.6 Å². The first-order valence-electron chi connectivity index (χ1n) is 6.91. The number of rotatable bonds is 4. The second-order valence-corrected chi connectivity index (χ2v) is 5.59. The standard InChI is InChI=1S/C13H13ClF2N6O/c14-9-2-6(12-19-21-22-20-12)1-7(11(9)16)4-18-13(23)10-3-8(15)5-17-10/h1-2,8,10,17H,3-5H2,(H,18,23)(H,19,20,21,22)/t8-,10+/m1/s1. The highest BCUT2D eigenvalue weighted by Gasteiger charge is 2.29. The molecule has 1 fully saturated rings. The third-order valence-corrected chi connectivity index (χ3v) is 3.83. The van der Waals surface area contributed by atoms with E-state index in [0.29, 0.717) is 5.56 Å². The van der Waals surface area contributed by atoms with Crippen molar-refractivity contribution in [2.75, 3.05) is 6.54 Å². The Bertz CT molecular complexity index is 711. The molecule has 1 aromatic heterocycles. The molecule has 1 aliphatic rings. The van der Waals surface area contributed by atoms with Gasteiger partial charge in [0, 0.05) is 30.6 Å². The van der Waals surface area contributed by atoms with E-state index in [2.05, 4.69) is 31.3 Å². The molecular weight excluding hydrogens is 330 g/mol. The van der Waals surface area contributed by atoms with Gasteiger partial charge < -0.3 is 10.6 Å². The van der Waals surface area contributed by atoms with Crippen LogP contribution in [0.5, 0.6) is 0 Å². The van der Waals surface area contributed by atoms with Crippen molar-refractivity contribution in [2.45, 2.75) is 25.2 Å². The van der Waals surface area contributed by atoms with Crippen LogP contribution in [0.25, 0.3) is 11.4 Å². The highest BCUT2D eigenvalue weighted by atomic mass is 35.5. The maximum Gasteiger partial charge on any atom is 0.237 e. The lowest BCUT2D eigenvalue weighted by molar-refractivity contribution is -0.123. The number of carbonyl (C=O) groups excluding carboxylic acids is 1. The number of benzene rings is 1. The molecule has 23 heavy (non-hydrogen) atoms. The summed E-state index contributed by atoms with van der Waals surface area (Å²) in [5.74, 6) is -0.759. The summed E-state index contributed by atoms with van der Waals surface area (Å²) in [5.41, 5.74) is 0.651. The summed E-state index contributed by atoms with van der Waals surface area (Å²) in [6, 6.07) is 2.25. The zero-order valence-corrected chi connectivity index (χ0v) is 12.6. The molecule has 0 saturated carbocycles. The quantitative estimate of drug-likeness (QED) is 0.769. The van der Waals surface area contributed by atoms with E-state index in [1.807, 2.05) is 0 Å². The molecule has 2 heterocycles. The molecule has 1 aromatic carbocycles. The van der Waals surface area contributed by atoms with Crippen LogP contribution in [0.2, 0.25) is 5.02 Å². The van der Waals surface area contributed by atoms with Crippen LogP contribution in [-0.4, -0.2) is 45.3 Å². The summed E-state index contributed by atoms with van der Waals surface area (Å²) in [6.07, 6.45) is -0.934. The van der Waals surface area contributed by atoms with E-state index in [4.69, 9.17) is 11.6 Å². The van der Waals surface area contributed by atoms with Gasteiger partial charge in [0.15, 0.2) is 0 Å². The van der Waals surface area contributed by atoms with Crippen LogP contribution in [0, 0.1) is 5.82 Å². The van der Waals surface area contributed by atoms with E-state index >= 15 is 0 Å². The number of aromatic amines is 1. The molecule has 122 valence electrons. The summed E-state index contributed by atoms with van der Waals surface area (Å²) in [7, 11) is 0. The van der Waals surface area contributed by atoms with Crippen molar-refractivity contribution in [2.24, 2.45) is 0 Å². The Morgan fingerprint density at radius 3 is 2.96 bits per heavy atom. The van der Waals surface area contributed by atoms with Crippen LogP contribution in [-0.2, 0) is 11.3 Å². The van der Waals surface area contributed by atoms with E-state index in [1.54, 1.807) is 0 Å². The summed E-state index contributed by atoms with van der Waals surface area (Å²) in [6.45, 7) is 0.0663. The number of nitrogens with zero attached hydrogens (tertiary/aromatic N) is 3. The van der Waals surface area contributed by atoms with E-state index in [-0.39, 0.29) is 41.8 Å². The molecule has 0 aliphatic carbocycles. The lowest BCUT2D eigenvalue weighted by Gasteiger charge is -2.12. The maximum atomic E-state index is 14.1. The van der Waals surface area contributed by atoms with E-state index < -0.39 is 18.0 Å². The molecule has 1 aliphatic heterocycles. The van der Waals surface area contributed by atoms with E-state index in [9.17, 15) is 13.6 Å². The Labute approximate surface area is 134 Å². The molecule has 3 N–H and O–H groups in total. The number of halogens is 3. The zero-order valence-electron chi connectivity index (χ0n) is 11.8. The molecule has 1 saturated heterocycles. The molecule has 0 bridgehead atoms. The first-order chi connectivity index (χ1) is 11.0. The highest BCUT2D eigenvalue weighted by molar-refractivity contribution is 6.31. The summed E-state index contributed by atoms with van der Waals surface area (Å²) in [4.78, 5) is 11.9. The van der Waals surface area contributed by atoms with Crippen LogP contribution < -0.4 is 10.6 Å². The fraction of sp³-hybridized carbons (Fsp3) is 0.385. The van der Waals surface area contributed by atoms with Crippen LogP contribution in [0.1, 0.15) is 12.0 Å². The minimum atomic E-state index is -1.04. The number of aromatic nitrogens is 4. The molecule has 0 radical (unpaired) electrons. The van der Waals surface area contributed by atoms with Crippen LogP contribution in [0.3, 0.4) is 0 Å². The van der Waals surface area contributed by atoms with Crippen molar-refractivity contribution in [1.82, 2.24) is 31.3 Å². The average Bonchev–Trinajstić information content (AvgIpc) is 3.19. The summed E-state index contributed by atoms with van der Waals surface area (Å²) >= 11 is 5.86. The lowest BCUT2D eigenvalue weighted by atomic mass is 10.1. The van der Waals surface area contributed by atoms with Gasteiger partial charge in [-0.1, -0.05) is 11.6 Å². The number of hydrogen-bond acceptors (Lipinski definition) is 5. The fourth-order valence-electron chi connectivity index (χ4n) is 2.39. The van der Waals surface area contributed by atoms with Gasteiger partial charge in [-0.05, 0) is 17.3 Å². The predicted octanol–water partition coefficient (Wildman–Crippen LogP) is 0.975. The van der Waals surface area contributed by atoms with Gasteiger partial charge in [0.2, 0.25) is 11.7 Å². The summed E-state index contributed by atoms with van der Waals surface area (Å²) in [5, 5.41) is 18.5. The number of nitrogens with one attached hydrogen (secondary N) is 3. The number of hydrogen-bond donors (Lipinski definition) is 3. The zero-order chi connectivity index (χ0) is 16.4. The van der Waals surface area contributed by atoms with Gasteiger partial charge in [-0.25, -0.2) is 8.78 Å². The second-order valence-electron chi connectivity index (χ2n) is 5.18. The number of tetrazole rings is 1. The Hall–Kier alpha value is -2.13. The van der Waals surface area contributed by atoms with Crippen LogP contribution >= 0.6 is 11.6 Å². The molecule has 3 rings (SSSR count). The molecule has 0 spiro atoms. The van der Waals surface area contributed by atoms with Gasteiger partial charge in [0.1, 0.15) is 12.0 Å². The van der Waals surface area contributed by atoms with Crippen molar-refractivity contribution in [1.29, 1.82) is 0 Å². The third kappa shape index (κ3) is 3.45. The number of H-pyrrole nitrogens is 1. The predicted molar refractivity (Wildman–Crippen MR) is 77.7 cm³/mol. The minimum absolute atomic E-state index is 0.0782. The molecule has 2 aromatic rings. The van der Waals surface area contributed by atoms with Gasteiger partial charge in [0.05, 0.1) is 11.1 Å². The fourth-order valence-corrected chi connectivity index (χ4v) is 2.62. The smallest absolute Gasteiger partial charge is 0.237 e. The Morgan fingerprint density at radius 1 is 1.48 bits per heavy atom. The average molecular weight is 343 g/mol. The minimum Gasteiger partial charge on any atom is -0.351 e. The normalized spacial score (nSPS) is 20.7. The number of amides is 1. The lowest BCUT2D eigenvalue weighted by Crippen LogP contribution is -2.40. The second kappa shape index (κ2) is 6.55. The van der Waals surface area contributed by atoms with Gasteiger partial charge in [-0.3, -0.25) is 4.79 Å². The van der Waals surface area contributed by atoms with E-state index in [0.717, 1.165) is 0 Å². The molecular formula is C13H13ClF2N6O. The Morgan fingerprint density at radius 2 is 2.30 bits per heavy atom. The summed E-state index contributed by atoms with van der Waals surface area (Å²) < 4.78 is 27.2. The number of carbonyl (C=O) groups is 1. The monoisotopic (exact) mass is 342 g/mol. The van der Waals surface area contributed by atoms with E-state index in [1.165, 1.54) is 12.1 Å². The van der Waals surface area contributed by atoms with Crippen molar-refractivity contribution in [3.05, 3.63) is 28.5 Å². The first kappa shape index (κ1) is 15.8. The molecule has 1 amide bonds.